The predicted octanol–water partition coefficient (Wildman–Crippen LogP) is 0.0944. The Bertz CT molecular complexity index is 470. The number of esters is 1. The fourth-order valence-electron chi connectivity index (χ4n) is 1.11. The van der Waals surface area contributed by atoms with Gasteiger partial charge in [-0.25, -0.2) is 9.78 Å². The Hall–Kier alpha value is -1.34. The zero-order valence-electron chi connectivity index (χ0n) is 9.81. The van der Waals surface area contributed by atoms with Crippen molar-refractivity contribution in [3.05, 3.63) is 22.1 Å². The minimum Gasteiger partial charge on any atom is -0.467 e. The van der Waals surface area contributed by atoms with Gasteiger partial charge < -0.3 is 14.8 Å². The molecule has 1 aromatic heterocycles. The van der Waals surface area contributed by atoms with E-state index in [0.29, 0.717) is 10.9 Å². The lowest BCUT2D eigenvalue weighted by molar-refractivity contribution is -0.158. The third kappa shape index (κ3) is 3.86. The van der Waals surface area contributed by atoms with Crippen LogP contribution in [0.25, 0.3) is 0 Å². The smallest absolute Gasteiger partial charge is 0.338 e. The fraction of sp³-hybridized carbons (Fsp3) is 0.500. The number of thioether (sulfide) groups is 1. The highest BCUT2D eigenvalue weighted by molar-refractivity contribution is 7.99. The first kappa shape index (κ1) is 13.7. The largest absolute Gasteiger partial charge is 0.467 e. The molecule has 1 unspecified atom stereocenters. The summed E-state index contributed by atoms with van der Waals surface area (Å²) in [6.07, 6.45) is 0. The van der Waals surface area contributed by atoms with Crippen LogP contribution in [-0.4, -0.2) is 39.5 Å². The Morgan fingerprint density at radius 3 is 2.88 bits per heavy atom. The minimum absolute atomic E-state index is 0.0477. The first-order chi connectivity index (χ1) is 7.85. The van der Waals surface area contributed by atoms with Gasteiger partial charge in [-0.1, -0.05) is 11.8 Å². The second kappa shape index (κ2) is 5.33. The van der Waals surface area contributed by atoms with E-state index in [4.69, 9.17) is 0 Å². The Labute approximate surface area is 102 Å². The maximum Gasteiger partial charge on any atom is 0.338 e. The summed E-state index contributed by atoms with van der Waals surface area (Å²) in [7, 11) is 1.20. The van der Waals surface area contributed by atoms with E-state index in [-0.39, 0.29) is 11.3 Å². The lowest BCUT2D eigenvalue weighted by Gasteiger charge is -2.18. The number of aliphatic hydroxyl groups is 1. The number of carbonyl (C=O) groups is 1. The molecular formula is C10H14N2O4S. The van der Waals surface area contributed by atoms with E-state index in [1.807, 2.05) is 0 Å². The van der Waals surface area contributed by atoms with Gasteiger partial charge in [0.1, 0.15) is 0 Å². The maximum atomic E-state index is 11.2. The molecule has 0 spiro atoms. The summed E-state index contributed by atoms with van der Waals surface area (Å²) in [5.41, 5.74) is -1.30. The van der Waals surface area contributed by atoms with Crippen LogP contribution in [0, 0.1) is 6.92 Å². The first-order valence-corrected chi connectivity index (χ1v) is 5.85. The van der Waals surface area contributed by atoms with Crippen molar-refractivity contribution in [1.82, 2.24) is 9.97 Å². The van der Waals surface area contributed by atoms with E-state index in [1.54, 1.807) is 6.92 Å². The SMILES string of the molecule is COC(=O)C(C)(O)CSc1nc(C)cc(=O)[nH]1. The quantitative estimate of drug-likeness (QED) is 0.452. The summed E-state index contributed by atoms with van der Waals surface area (Å²) < 4.78 is 4.46. The predicted molar refractivity (Wildman–Crippen MR) is 63.0 cm³/mol. The van der Waals surface area contributed by atoms with Gasteiger partial charge in [-0.05, 0) is 13.8 Å². The highest BCUT2D eigenvalue weighted by atomic mass is 32.2. The zero-order valence-corrected chi connectivity index (χ0v) is 10.6. The molecule has 2 N–H and O–H groups in total. The number of hydrogen-bond donors (Lipinski definition) is 2. The Morgan fingerprint density at radius 2 is 2.35 bits per heavy atom. The van der Waals surface area contributed by atoms with Crippen LogP contribution >= 0.6 is 11.8 Å². The second-order valence-electron chi connectivity index (χ2n) is 3.75. The summed E-state index contributed by atoms with van der Waals surface area (Å²) >= 11 is 1.08. The molecule has 6 nitrogen and oxygen atoms in total. The molecule has 0 bridgehead atoms. The molecule has 0 radical (unpaired) electrons. The molecule has 0 amide bonds. The van der Waals surface area contributed by atoms with Crippen LogP contribution < -0.4 is 5.56 Å². The van der Waals surface area contributed by atoms with Gasteiger partial charge in [0.25, 0.3) is 5.56 Å². The van der Waals surface area contributed by atoms with Crippen molar-refractivity contribution in [2.24, 2.45) is 0 Å². The highest BCUT2D eigenvalue weighted by Gasteiger charge is 2.31. The number of nitrogens with one attached hydrogen (secondary N) is 1. The van der Waals surface area contributed by atoms with Crippen molar-refractivity contribution in [3.8, 4) is 0 Å². The first-order valence-electron chi connectivity index (χ1n) is 4.87. The Kier molecular flexibility index (Phi) is 4.30. The number of aromatic amines is 1. The molecule has 0 aromatic carbocycles. The van der Waals surface area contributed by atoms with Crippen molar-refractivity contribution in [1.29, 1.82) is 0 Å². The molecule has 0 aliphatic rings. The van der Waals surface area contributed by atoms with E-state index in [9.17, 15) is 14.7 Å². The van der Waals surface area contributed by atoms with Gasteiger partial charge in [-0.15, -0.1) is 0 Å². The number of nitrogens with zero attached hydrogens (tertiary/aromatic N) is 1. The summed E-state index contributed by atoms with van der Waals surface area (Å²) in [4.78, 5) is 29.0. The number of aromatic nitrogens is 2. The molecule has 17 heavy (non-hydrogen) atoms. The number of aryl methyl sites for hydroxylation is 1. The molecule has 1 heterocycles. The lowest BCUT2D eigenvalue weighted by atomic mass is 10.1. The van der Waals surface area contributed by atoms with E-state index in [0.717, 1.165) is 11.8 Å². The topological polar surface area (TPSA) is 92.3 Å². The summed E-state index contributed by atoms with van der Waals surface area (Å²) in [5, 5.41) is 10.1. The Balaban J connectivity index is 2.73. The van der Waals surface area contributed by atoms with Crippen molar-refractivity contribution < 1.29 is 14.6 Å². The molecule has 1 atom stereocenters. The standard InChI is InChI=1S/C10H14N2O4S/c1-6-4-7(13)12-9(11-6)17-5-10(2,15)8(14)16-3/h4,15H,5H2,1-3H3,(H,11,12,13). The molecule has 94 valence electrons. The van der Waals surface area contributed by atoms with Gasteiger partial charge in [0.15, 0.2) is 10.8 Å². The van der Waals surface area contributed by atoms with Crippen molar-refractivity contribution >= 4 is 17.7 Å². The monoisotopic (exact) mass is 258 g/mol. The van der Waals surface area contributed by atoms with Crippen molar-refractivity contribution in [2.45, 2.75) is 24.6 Å². The molecule has 0 aliphatic carbocycles. The zero-order chi connectivity index (χ0) is 13.1. The normalized spacial score (nSPS) is 14.1. The Morgan fingerprint density at radius 1 is 1.71 bits per heavy atom. The highest BCUT2D eigenvalue weighted by Crippen LogP contribution is 2.19. The van der Waals surface area contributed by atoms with E-state index in [1.165, 1.54) is 20.1 Å². The van der Waals surface area contributed by atoms with Crippen LogP contribution in [0.1, 0.15) is 12.6 Å². The van der Waals surface area contributed by atoms with Crippen LogP contribution in [0.15, 0.2) is 16.0 Å². The second-order valence-corrected chi connectivity index (χ2v) is 4.71. The van der Waals surface area contributed by atoms with E-state index >= 15 is 0 Å². The number of ether oxygens (including phenoxy) is 1. The van der Waals surface area contributed by atoms with Gasteiger partial charge in [0, 0.05) is 17.5 Å². The van der Waals surface area contributed by atoms with Crippen LogP contribution in [0.2, 0.25) is 0 Å². The third-order valence-electron chi connectivity index (χ3n) is 1.96. The number of carbonyl (C=O) groups excluding carboxylic acids is 1. The van der Waals surface area contributed by atoms with Crippen LogP contribution in [0.3, 0.4) is 0 Å². The summed E-state index contributed by atoms with van der Waals surface area (Å²) in [6, 6.07) is 1.36. The maximum absolute atomic E-state index is 11.2. The number of methoxy groups -OCH3 is 1. The fourth-order valence-corrected chi connectivity index (χ4v) is 2.02. The molecule has 0 saturated carbocycles. The lowest BCUT2D eigenvalue weighted by Crippen LogP contribution is -2.38. The molecular weight excluding hydrogens is 244 g/mol. The summed E-state index contributed by atoms with van der Waals surface area (Å²) in [6.45, 7) is 3.04. The molecule has 1 rings (SSSR count). The molecule has 7 heteroatoms. The average Bonchev–Trinajstić information content (AvgIpc) is 2.24. The molecule has 0 fully saturated rings. The molecule has 0 aliphatic heterocycles. The van der Waals surface area contributed by atoms with Gasteiger partial charge in [-0.2, -0.15) is 0 Å². The number of hydrogen-bond acceptors (Lipinski definition) is 6. The van der Waals surface area contributed by atoms with Crippen molar-refractivity contribution in [3.63, 3.8) is 0 Å². The van der Waals surface area contributed by atoms with E-state index in [2.05, 4.69) is 14.7 Å². The minimum atomic E-state index is -1.61. The third-order valence-corrected chi connectivity index (χ3v) is 3.14. The van der Waals surface area contributed by atoms with Crippen LogP contribution in [0.5, 0.6) is 0 Å². The number of rotatable bonds is 4. The number of H-pyrrole nitrogens is 1. The van der Waals surface area contributed by atoms with Gasteiger partial charge in [0.2, 0.25) is 0 Å². The van der Waals surface area contributed by atoms with E-state index < -0.39 is 11.6 Å². The average molecular weight is 258 g/mol. The van der Waals surface area contributed by atoms with Gasteiger partial charge >= 0.3 is 5.97 Å². The van der Waals surface area contributed by atoms with Crippen molar-refractivity contribution in [2.75, 3.05) is 12.9 Å². The molecule has 1 aromatic rings. The summed E-state index contributed by atoms with van der Waals surface area (Å²) in [5.74, 6) is -0.675. The van der Waals surface area contributed by atoms with Crippen LogP contribution in [0.4, 0.5) is 0 Å². The molecule has 0 saturated heterocycles. The van der Waals surface area contributed by atoms with Gasteiger partial charge in [0.05, 0.1) is 7.11 Å². The van der Waals surface area contributed by atoms with Gasteiger partial charge in [-0.3, -0.25) is 4.79 Å². The van der Waals surface area contributed by atoms with Crippen LogP contribution in [-0.2, 0) is 9.53 Å².